The van der Waals surface area contributed by atoms with Crippen LogP contribution in [0.5, 0.6) is 5.88 Å². The number of Topliss-reactive ketones (excluding diaryl/α,β-unsaturated/α-hetero) is 1. The molecular weight excluding hydrogens is 248 g/mol. The lowest BCUT2D eigenvalue weighted by molar-refractivity contribution is -0.121. The minimum atomic E-state index is -0.0607. The predicted octanol–water partition coefficient (Wildman–Crippen LogP) is 1.30. The molecular formula is C12H14N4O3. The number of hydrogen-bond acceptors (Lipinski definition) is 7. The van der Waals surface area contributed by atoms with E-state index in [0.29, 0.717) is 17.4 Å². The standard InChI is InChI=1S/C12H14N4O3/c1-7(2)9(17)5-11-15-12(16-19-11)8-4-10(18-3)14-6-13-8/h4,6-7H,5H2,1-3H3. The molecule has 0 aliphatic carbocycles. The number of carbonyl (C=O) groups excluding carboxylic acids is 1. The van der Waals surface area contributed by atoms with E-state index in [-0.39, 0.29) is 24.0 Å². The van der Waals surface area contributed by atoms with Crippen LogP contribution in [0.4, 0.5) is 0 Å². The van der Waals surface area contributed by atoms with Crippen molar-refractivity contribution in [1.82, 2.24) is 20.1 Å². The fourth-order valence-corrected chi connectivity index (χ4v) is 1.36. The third-order valence-electron chi connectivity index (χ3n) is 2.52. The van der Waals surface area contributed by atoms with Crippen LogP contribution in [-0.4, -0.2) is 33.0 Å². The summed E-state index contributed by atoms with van der Waals surface area (Å²) in [5.74, 6) is 0.998. The van der Waals surface area contributed by atoms with Crippen LogP contribution in [0.2, 0.25) is 0 Å². The second kappa shape index (κ2) is 5.55. The van der Waals surface area contributed by atoms with Gasteiger partial charge in [-0.1, -0.05) is 19.0 Å². The van der Waals surface area contributed by atoms with Gasteiger partial charge in [0.25, 0.3) is 0 Å². The van der Waals surface area contributed by atoms with Crippen LogP contribution in [0.1, 0.15) is 19.7 Å². The molecule has 0 spiro atoms. The number of rotatable bonds is 5. The number of aromatic nitrogens is 4. The number of hydrogen-bond donors (Lipinski definition) is 0. The Labute approximate surface area is 110 Å². The molecule has 0 aromatic carbocycles. The van der Waals surface area contributed by atoms with Crippen LogP contribution in [0.15, 0.2) is 16.9 Å². The average Bonchev–Trinajstić information content (AvgIpc) is 2.87. The van der Waals surface area contributed by atoms with Crippen molar-refractivity contribution in [3.63, 3.8) is 0 Å². The van der Waals surface area contributed by atoms with Crippen molar-refractivity contribution in [2.75, 3.05) is 7.11 Å². The number of ketones is 1. The van der Waals surface area contributed by atoms with Gasteiger partial charge in [-0.25, -0.2) is 9.97 Å². The maximum absolute atomic E-state index is 11.6. The lowest BCUT2D eigenvalue weighted by atomic mass is 10.1. The molecule has 2 rings (SSSR count). The zero-order valence-electron chi connectivity index (χ0n) is 11.0. The first-order valence-electron chi connectivity index (χ1n) is 5.82. The van der Waals surface area contributed by atoms with Crippen LogP contribution >= 0.6 is 0 Å². The normalized spacial score (nSPS) is 10.7. The van der Waals surface area contributed by atoms with E-state index in [1.165, 1.54) is 13.4 Å². The molecule has 0 fully saturated rings. The predicted molar refractivity (Wildman–Crippen MR) is 65.4 cm³/mol. The monoisotopic (exact) mass is 262 g/mol. The molecule has 2 aromatic heterocycles. The van der Waals surface area contributed by atoms with Crippen molar-refractivity contribution in [1.29, 1.82) is 0 Å². The highest BCUT2D eigenvalue weighted by Crippen LogP contribution is 2.17. The highest BCUT2D eigenvalue weighted by Gasteiger charge is 2.15. The van der Waals surface area contributed by atoms with Gasteiger partial charge in [0.15, 0.2) is 0 Å². The summed E-state index contributed by atoms with van der Waals surface area (Å²) in [6, 6.07) is 1.60. The highest BCUT2D eigenvalue weighted by atomic mass is 16.5. The molecule has 0 saturated carbocycles. The SMILES string of the molecule is COc1cc(-c2noc(CC(=O)C(C)C)n2)ncn1. The van der Waals surface area contributed by atoms with E-state index in [1.54, 1.807) is 6.07 Å². The summed E-state index contributed by atoms with van der Waals surface area (Å²) in [6.45, 7) is 3.66. The van der Waals surface area contributed by atoms with E-state index < -0.39 is 0 Å². The summed E-state index contributed by atoms with van der Waals surface area (Å²) in [5.41, 5.74) is 0.485. The minimum Gasteiger partial charge on any atom is -0.481 e. The highest BCUT2D eigenvalue weighted by molar-refractivity contribution is 5.81. The molecule has 0 bridgehead atoms. The van der Waals surface area contributed by atoms with Gasteiger partial charge in [-0.2, -0.15) is 4.98 Å². The molecule has 7 heteroatoms. The first kappa shape index (κ1) is 13.1. The molecule has 0 saturated heterocycles. The zero-order valence-corrected chi connectivity index (χ0v) is 11.0. The molecule has 0 amide bonds. The van der Waals surface area contributed by atoms with Crippen molar-refractivity contribution in [2.45, 2.75) is 20.3 Å². The average molecular weight is 262 g/mol. The summed E-state index contributed by atoms with van der Waals surface area (Å²) in [4.78, 5) is 23.6. The maximum atomic E-state index is 11.6. The molecule has 19 heavy (non-hydrogen) atoms. The van der Waals surface area contributed by atoms with Crippen LogP contribution in [0.3, 0.4) is 0 Å². The van der Waals surface area contributed by atoms with Gasteiger partial charge in [0.05, 0.1) is 13.5 Å². The molecule has 0 aliphatic rings. The first-order valence-corrected chi connectivity index (χ1v) is 5.82. The van der Waals surface area contributed by atoms with Crippen molar-refractivity contribution in [3.8, 4) is 17.4 Å². The fraction of sp³-hybridized carbons (Fsp3) is 0.417. The van der Waals surface area contributed by atoms with Gasteiger partial charge in [0.1, 0.15) is 17.8 Å². The smallest absolute Gasteiger partial charge is 0.234 e. The van der Waals surface area contributed by atoms with E-state index in [1.807, 2.05) is 13.8 Å². The Kier molecular flexibility index (Phi) is 3.84. The fourth-order valence-electron chi connectivity index (χ4n) is 1.36. The van der Waals surface area contributed by atoms with E-state index in [4.69, 9.17) is 9.26 Å². The Balaban J connectivity index is 2.18. The number of carbonyl (C=O) groups is 1. The van der Waals surface area contributed by atoms with E-state index in [2.05, 4.69) is 20.1 Å². The molecule has 0 aliphatic heterocycles. The third-order valence-corrected chi connectivity index (χ3v) is 2.52. The van der Waals surface area contributed by atoms with E-state index in [0.717, 1.165) is 0 Å². The Bertz CT molecular complexity index is 580. The van der Waals surface area contributed by atoms with Gasteiger partial charge in [-0.05, 0) is 0 Å². The molecule has 2 aromatic rings. The molecule has 0 N–H and O–H groups in total. The van der Waals surface area contributed by atoms with Gasteiger partial charge in [-0.3, -0.25) is 4.79 Å². The van der Waals surface area contributed by atoms with E-state index in [9.17, 15) is 4.79 Å². The topological polar surface area (TPSA) is 91.0 Å². The summed E-state index contributed by atoms with van der Waals surface area (Å²) in [5, 5.41) is 3.79. The summed E-state index contributed by atoms with van der Waals surface area (Å²) >= 11 is 0. The molecule has 0 unspecified atom stereocenters. The van der Waals surface area contributed by atoms with E-state index >= 15 is 0 Å². The van der Waals surface area contributed by atoms with Gasteiger partial charge in [0.2, 0.25) is 17.6 Å². The largest absolute Gasteiger partial charge is 0.481 e. The van der Waals surface area contributed by atoms with Crippen LogP contribution in [-0.2, 0) is 11.2 Å². The van der Waals surface area contributed by atoms with Crippen molar-refractivity contribution in [2.24, 2.45) is 5.92 Å². The van der Waals surface area contributed by atoms with Gasteiger partial charge >= 0.3 is 0 Å². The Morgan fingerprint density at radius 1 is 1.42 bits per heavy atom. The number of ether oxygens (including phenoxy) is 1. The zero-order chi connectivity index (χ0) is 13.8. The molecule has 100 valence electrons. The third kappa shape index (κ3) is 3.12. The number of methoxy groups -OCH3 is 1. The molecule has 0 atom stereocenters. The van der Waals surface area contributed by atoms with Gasteiger partial charge in [-0.15, -0.1) is 0 Å². The summed E-state index contributed by atoms with van der Waals surface area (Å²) < 4.78 is 10.0. The summed E-state index contributed by atoms with van der Waals surface area (Å²) in [7, 11) is 1.51. The second-order valence-electron chi connectivity index (χ2n) is 4.26. The van der Waals surface area contributed by atoms with Gasteiger partial charge in [0, 0.05) is 12.0 Å². The lowest BCUT2D eigenvalue weighted by Gasteiger charge is -1.99. The molecule has 0 radical (unpaired) electrons. The quantitative estimate of drug-likeness (QED) is 0.802. The second-order valence-corrected chi connectivity index (χ2v) is 4.26. The van der Waals surface area contributed by atoms with Crippen LogP contribution < -0.4 is 4.74 Å². The maximum Gasteiger partial charge on any atom is 0.234 e. The lowest BCUT2D eigenvalue weighted by Crippen LogP contribution is -2.10. The first-order chi connectivity index (χ1) is 9.10. The Morgan fingerprint density at radius 3 is 2.89 bits per heavy atom. The molecule has 2 heterocycles. The van der Waals surface area contributed by atoms with Crippen LogP contribution in [0.25, 0.3) is 11.5 Å². The van der Waals surface area contributed by atoms with Crippen LogP contribution in [0, 0.1) is 5.92 Å². The van der Waals surface area contributed by atoms with Gasteiger partial charge < -0.3 is 9.26 Å². The van der Waals surface area contributed by atoms with Crippen molar-refractivity contribution in [3.05, 3.63) is 18.3 Å². The summed E-state index contributed by atoms with van der Waals surface area (Å²) in [6.07, 6.45) is 1.48. The number of nitrogens with zero attached hydrogens (tertiary/aromatic N) is 4. The minimum absolute atomic E-state index is 0.0514. The Hall–Kier alpha value is -2.31. The van der Waals surface area contributed by atoms with Crippen molar-refractivity contribution >= 4 is 5.78 Å². The molecule has 7 nitrogen and oxygen atoms in total. The Morgan fingerprint density at radius 2 is 2.21 bits per heavy atom. The van der Waals surface area contributed by atoms with Crippen molar-refractivity contribution < 1.29 is 14.1 Å².